The van der Waals surface area contributed by atoms with E-state index in [1.807, 2.05) is 0 Å². The van der Waals surface area contributed by atoms with Crippen molar-refractivity contribution in [3.8, 4) is 0 Å². The Balaban J connectivity index is 2.04. The topological polar surface area (TPSA) is 0 Å². The molecule has 0 heterocycles. The summed E-state index contributed by atoms with van der Waals surface area (Å²) in [6.07, 6.45) is 13.8. The van der Waals surface area contributed by atoms with Crippen LogP contribution in [0.3, 0.4) is 0 Å². The predicted molar refractivity (Wildman–Crippen MR) is 53.0 cm³/mol. The summed E-state index contributed by atoms with van der Waals surface area (Å²) in [6, 6.07) is 0. The van der Waals surface area contributed by atoms with Crippen LogP contribution in [0, 0.1) is 17.8 Å². The lowest BCUT2D eigenvalue weighted by atomic mass is 9.81. The van der Waals surface area contributed by atoms with E-state index < -0.39 is 0 Å². The Morgan fingerprint density at radius 3 is 2.25 bits per heavy atom. The zero-order valence-corrected chi connectivity index (χ0v) is 8.13. The van der Waals surface area contributed by atoms with Crippen molar-refractivity contribution in [2.45, 2.75) is 45.4 Å². The SMILES string of the molecule is CC1/C=C\C2CCC(CC1)CC2. The molecule has 0 amide bonds. The van der Waals surface area contributed by atoms with Gasteiger partial charge >= 0.3 is 0 Å². The first kappa shape index (κ1) is 8.34. The van der Waals surface area contributed by atoms with Crippen LogP contribution in [0.5, 0.6) is 0 Å². The van der Waals surface area contributed by atoms with E-state index in [1.165, 1.54) is 38.5 Å². The molecular formula is C12H20. The van der Waals surface area contributed by atoms with Crippen LogP contribution in [0.15, 0.2) is 12.2 Å². The molecule has 0 aromatic heterocycles. The van der Waals surface area contributed by atoms with Gasteiger partial charge in [0.15, 0.2) is 0 Å². The summed E-state index contributed by atoms with van der Waals surface area (Å²) in [7, 11) is 0. The third-order valence-corrected chi connectivity index (χ3v) is 3.63. The zero-order chi connectivity index (χ0) is 8.39. The highest BCUT2D eigenvalue weighted by molar-refractivity contribution is 4.95. The van der Waals surface area contributed by atoms with E-state index in [0.29, 0.717) is 0 Å². The van der Waals surface area contributed by atoms with Crippen molar-refractivity contribution in [1.29, 1.82) is 0 Å². The predicted octanol–water partition coefficient (Wildman–Crippen LogP) is 3.78. The molecule has 0 radical (unpaired) electrons. The molecule has 1 saturated carbocycles. The molecule has 1 fully saturated rings. The molecule has 0 saturated heterocycles. The molecule has 3 aliphatic rings. The molecule has 2 bridgehead atoms. The lowest BCUT2D eigenvalue weighted by molar-refractivity contribution is 0.291. The molecule has 3 rings (SSSR count). The fourth-order valence-electron chi connectivity index (χ4n) is 2.61. The van der Waals surface area contributed by atoms with Crippen molar-refractivity contribution < 1.29 is 0 Å². The summed E-state index contributed by atoms with van der Waals surface area (Å²) in [4.78, 5) is 0. The highest BCUT2D eigenvalue weighted by atomic mass is 14.3. The van der Waals surface area contributed by atoms with E-state index in [2.05, 4.69) is 19.1 Å². The maximum atomic E-state index is 2.49. The van der Waals surface area contributed by atoms with Gasteiger partial charge in [0.25, 0.3) is 0 Å². The Bertz CT molecular complexity index is 161. The van der Waals surface area contributed by atoms with E-state index in [1.54, 1.807) is 0 Å². The van der Waals surface area contributed by atoms with Crippen LogP contribution in [0.4, 0.5) is 0 Å². The first-order valence-electron chi connectivity index (χ1n) is 5.53. The van der Waals surface area contributed by atoms with Crippen LogP contribution >= 0.6 is 0 Å². The van der Waals surface area contributed by atoms with Crippen molar-refractivity contribution in [3.05, 3.63) is 12.2 Å². The Kier molecular flexibility index (Phi) is 2.53. The van der Waals surface area contributed by atoms with E-state index >= 15 is 0 Å². The van der Waals surface area contributed by atoms with Crippen molar-refractivity contribution in [1.82, 2.24) is 0 Å². The summed E-state index contributed by atoms with van der Waals surface area (Å²) >= 11 is 0. The van der Waals surface area contributed by atoms with Gasteiger partial charge in [0.05, 0.1) is 0 Å². The minimum atomic E-state index is 0.839. The van der Waals surface area contributed by atoms with E-state index in [0.717, 1.165) is 17.8 Å². The second kappa shape index (κ2) is 3.64. The minimum absolute atomic E-state index is 0.839. The van der Waals surface area contributed by atoms with Gasteiger partial charge < -0.3 is 0 Å². The van der Waals surface area contributed by atoms with Crippen LogP contribution in [-0.4, -0.2) is 0 Å². The number of fused-ring (bicyclic) bond motifs is 5. The van der Waals surface area contributed by atoms with Crippen LogP contribution in [0.1, 0.15) is 45.4 Å². The molecule has 0 nitrogen and oxygen atoms in total. The number of hydrogen-bond acceptors (Lipinski definition) is 0. The summed E-state index contributed by atoms with van der Waals surface area (Å²) < 4.78 is 0. The Hall–Kier alpha value is -0.260. The second-order valence-corrected chi connectivity index (χ2v) is 4.72. The van der Waals surface area contributed by atoms with E-state index in [-0.39, 0.29) is 0 Å². The molecule has 1 atom stereocenters. The monoisotopic (exact) mass is 164 g/mol. The summed E-state index contributed by atoms with van der Waals surface area (Å²) in [6.45, 7) is 2.36. The third-order valence-electron chi connectivity index (χ3n) is 3.63. The number of hydrogen-bond donors (Lipinski definition) is 0. The fourth-order valence-corrected chi connectivity index (χ4v) is 2.61. The zero-order valence-electron chi connectivity index (χ0n) is 8.13. The van der Waals surface area contributed by atoms with Gasteiger partial charge in [-0.05, 0) is 56.3 Å². The van der Waals surface area contributed by atoms with Gasteiger partial charge in [-0.15, -0.1) is 0 Å². The highest BCUT2D eigenvalue weighted by Gasteiger charge is 2.21. The number of allylic oxidation sites excluding steroid dienone is 2. The van der Waals surface area contributed by atoms with Crippen LogP contribution in [-0.2, 0) is 0 Å². The molecule has 0 N–H and O–H groups in total. The van der Waals surface area contributed by atoms with Gasteiger partial charge in [-0.1, -0.05) is 19.1 Å². The largest absolute Gasteiger partial charge is 0.0854 e. The first-order valence-corrected chi connectivity index (χ1v) is 5.53. The van der Waals surface area contributed by atoms with Gasteiger partial charge in [0.1, 0.15) is 0 Å². The molecule has 0 spiro atoms. The molecule has 0 aromatic carbocycles. The average Bonchev–Trinajstić information content (AvgIpc) is 2.24. The van der Waals surface area contributed by atoms with Gasteiger partial charge in [-0.25, -0.2) is 0 Å². The molecule has 0 aromatic rings. The molecule has 0 heteroatoms. The van der Waals surface area contributed by atoms with E-state index in [4.69, 9.17) is 0 Å². The normalized spacial score (nSPS) is 44.6. The summed E-state index contributed by atoms with van der Waals surface area (Å²) in [5.41, 5.74) is 0. The Labute approximate surface area is 76.1 Å². The average molecular weight is 164 g/mol. The summed E-state index contributed by atoms with van der Waals surface area (Å²) in [5.74, 6) is 2.84. The van der Waals surface area contributed by atoms with Crippen LogP contribution < -0.4 is 0 Å². The quantitative estimate of drug-likeness (QED) is 0.478. The Morgan fingerprint density at radius 2 is 1.50 bits per heavy atom. The second-order valence-electron chi connectivity index (χ2n) is 4.72. The molecular weight excluding hydrogens is 144 g/mol. The van der Waals surface area contributed by atoms with Crippen molar-refractivity contribution >= 4 is 0 Å². The molecule has 1 unspecified atom stereocenters. The number of rotatable bonds is 0. The molecule has 0 aliphatic heterocycles. The maximum absolute atomic E-state index is 2.49. The van der Waals surface area contributed by atoms with Crippen molar-refractivity contribution in [3.63, 3.8) is 0 Å². The van der Waals surface area contributed by atoms with E-state index in [9.17, 15) is 0 Å². The minimum Gasteiger partial charge on any atom is -0.0854 e. The van der Waals surface area contributed by atoms with Crippen molar-refractivity contribution in [2.75, 3.05) is 0 Å². The van der Waals surface area contributed by atoms with Gasteiger partial charge in [-0.2, -0.15) is 0 Å². The van der Waals surface area contributed by atoms with Crippen LogP contribution in [0.25, 0.3) is 0 Å². The summed E-state index contributed by atoms with van der Waals surface area (Å²) in [5, 5.41) is 0. The standard InChI is InChI=1S/C12H20/c1-10-2-4-11-6-8-12(5-3-10)9-7-11/h2,4,10-12H,3,5-9H2,1H3/b4-2-. The molecule has 12 heavy (non-hydrogen) atoms. The fraction of sp³-hybridized carbons (Fsp3) is 0.833. The lowest BCUT2D eigenvalue weighted by Gasteiger charge is -2.25. The van der Waals surface area contributed by atoms with Gasteiger partial charge in [0.2, 0.25) is 0 Å². The maximum Gasteiger partial charge on any atom is -0.0233 e. The van der Waals surface area contributed by atoms with Crippen LogP contribution in [0.2, 0.25) is 0 Å². The van der Waals surface area contributed by atoms with Crippen molar-refractivity contribution in [2.24, 2.45) is 17.8 Å². The van der Waals surface area contributed by atoms with Gasteiger partial charge in [-0.3, -0.25) is 0 Å². The third kappa shape index (κ3) is 1.91. The smallest absolute Gasteiger partial charge is 0.0233 e. The van der Waals surface area contributed by atoms with Gasteiger partial charge in [0, 0.05) is 0 Å². The first-order chi connectivity index (χ1) is 5.84. The highest BCUT2D eigenvalue weighted by Crippen LogP contribution is 2.35. The Morgan fingerprint density at radius 1 is 0.833 bits per heavy atom. The lowest BCUT2D eigenvalue weighted by Crippen LogP contribution is -2.12. The molecule has 3 aliphatic carbocycles. The molecule has 68 valence electrons.